The van der Waals surface area contributed by atoms with E-state index in [4.69, 9.17) is 12.2 Å². The molecule has 1 amide bonds. The summed E-state index contributed by atoms with van der Waals surface area (Å²) >= 11 is 5.84. The van der Waals surface area contributed by atoms with Crippen molar-refractivity contribution < 1.29 is 9.59 Å². The van der Waals surface area contributed by atoms with Crippen LogP contribution in [0.4, 0.5) is 5.69 Å². The van der Waals surface area contributed by atoms with Crippen molar-refractivity contribution in [3.8, 4) is 0 Å². The number of aryl methyl sites for hydroxylation is 1. The van der Waals surface area contributed by atoms with Crippen LogP contribution in [0.3, 0.4) is 0 Å². The van der Waals surface area contributed by atoms with Crippen molar-refractivity contribution in [2.45, 2.75) is 52.9 Å². The molecule has 1 spiro atoms. The zero-order valence-electron chi connectivity index (χ0n) is 20.7. The Morgan fingerprint density at radius 1 is 0.941 bits per heavy atom. The first kappa shape index (κ1) is 24.4. The number of carbonyl (C=O) groups is 2. The fourth-order valence-corrected chi connectivity index (χ4v) is 5.52. The summed E-state index contributed by atoms with van der Waals surface area (Å²) < 4.78 is 0. The molecule has 0 aliphatic carbocycles. The number of para-hydroxylation sites is 1. The number of nitrogens with one attached hydrogen (secondary N) is 1. The third-order valence-corrected chi connectivity index (χ3v) is 7.89. The second-order valence-corrected chi connectivity index (χ2v) is 10.6. The number of likely N-dealkylation sites (tertiary alicyclic amines) is 2. The topological polar surface area (TPSA) is 52.7 Å². The van der Waals surface area contributed by atoms with Crippen LogP contribution in [0.5, 0.6) is 0 Å². The van der Waals surface area contributed by atoms with Crippen molar-refractivity contribution in [2.24, 2.45) is 5.41 Å². The molecular weight excluding hydrogens is 442 g/mol. The number of nitrogens with zero attached hydrogens (tertiary/aromatic N) is 2. The van der Waals surface area contributed by atoms with Crippen LogP contribution in [0.2, 0.25) is 0 Å². The van der Waals surface area contributed by atoms with Gasteiger partial charge in [-0.05, 0) is 79.9 Å². The Bertz CT molecular complexity index is 1090. The van der Waals surface area contributed by atoms with Gasteiger partial charge in [-0.2, -0.15) is 0 Å². The second kappa shape index (κ2) is 9.87. The van der Waals surface area contributed by atoms with Gasteiger partial charge in [0.2, 0.25) is 0 Å². The van der Waals surface area contributed by atoms with Crippen molar-refractivity contribution in [2.75, 3.05) is 31.5 Å². The molecule has 34 heavy (non-hydrogen) atoms. The predicted octanol–water partition coefficient (Wildman–Crippen LogP) is 5.65. The third-order valence-electron chi connectivity index (χ3n) is 7.53. The highest BCUT2D eigenvalue weighted by molar-refractivity contribution is 7.80. The first-order valence-corrected chi connectivity index (χ1v) is 12.7. The summed E-state index contributed by atoms with van der Waals surface area (Å²) in [5, 5.41) is 4.36. The highest BCUT2D eigenvalue weighted by atomic mass is 32.1. The van der Waals surface area contributed by atoms with E-state index in [-0.39, 0.29) is 17.1 Å². The lowest BCUT2D eigenvalue weighted by atomic mass is 9.77. The van der Waals surface area contributed by atoms with Gasteiger partial charge in [0, 0.05) is 43.0 Å². The van der Waals surface area contributed by atoms with E-state index < -0.39 is 0 Å². The predicted molar refractivity (Wildman–Crippen MR) is 142 cm³/mol. The SMILES string of the molecule is CC(=O)c1ccc(C(=O)N2CCC3(CC2)CCN(C(=S)Nc2c(C)cccc2C(C)C)C3)cc1. The zero-order valence-corrected chi connectivity index (χ0v) is 21.5. The number of Topliss-reactive ketones (excluding diaryl/α,β-unsaturated/α-hetero) is 1. The van der Waals surface area contributed by atoms with Crippen LogP contribution in [0.15, 0.2) is 42.5 Å². The number of hydrogen-bond donors (Lipinski definition) is 1. The van der Waals surface area contributed by atoms with Gasteiger partial charge in [0.05, 0.1) is 0 Å². The number of ketones is 1. The molecule has 0 saturated carbocycles. The monoisotopic (exact) mass is 477 g/mol. The van der Waals surface area contributed by atoms with Gasteiger partial charge in [-0.25, -0.2) is 0 Å². The van der Waals surface area contributed by atoms with Crippen molar-refractivity contribution in [3.05, 3.63) is 64.7 Å². The summed E-state index contributed by atoms with van der Waals surface area (Å²) in [5.41, 5.74) is 5.15. The molecule has 0 bridgehead atoms. The summed E-state index contributed by atoms with van der Waals surface area (Å²) in [5.74, 6) is 0.494. The molecular formula is C28H35N3O2S. The van der Waals surface area contributed by atoms with E-state index in [1.165, 1.54) is 18.1 Å². The summed E-state index contributed by atoms with van der Waals surface area (Å²) in [7, 11) is 0. The summed E-state index contributed by atoms with van der Waals surface area (Å²) in [4.78, 5) is 28.7. The molecule has 1 N–H and O–H groups in total. The van der Waals surface area contributed by atoms with Crippen LogP contribution in [-0.4, -0.2) is 52.8 Å². The fraction of sp³-hybridized carbons (Fsp3) is 0.464. The Morgan fingerprint density at radius 3 is 2.12 bits per heavy atom. The van der Waals surface area contributed by atoms with E-state index in [0.29, 0.717) is 17.0 Å². The number of hydrogen-bond acceptors (Lipinski definition) is 3. The van der Waals surface area contributed by atoms with Crippen LogP contribution in [0.1, 0.15) is 77.8 Å². The molecule has 0 atom stereocenters. The van der Waals surface area contributed by atoms with Gasteiger partial charge >= 0.3 is 0 Å². The Hall–Kier alpha value is -2.73. The molecule has 0 unspecified atom stereocenters. The molecule has 2 aliphatic heterocycles. The van der Waals surface area contributed by atoms with Crippen molar-refractivity contribution in [1.29, 1.82) is 0 Å². The van der Waals surface area contributed by atoms with Gasteiger partial charge in [-0.1, -0.05) is 44.2 Å². The molecule has 6 heteroatoms. The van der Waals surface area contributed by atoms with E-state index in [1.54, 1.807) is 24.3 Å². The number of amides is 1. The first-order chi connectivity index (χ1) is 16.2. The third kappa shape index (κ3) is 5.02. The van der Waals surface area contributed by atoms with Crippen LogP contribution in [0.25, 0.3) is 0 Å². The van der Waals surface area contributed by atoms with Gasteiger partial charge < -0.3 is 15.1 Å². The number of thiocarbonyl (C=S) groups is 1. The van der Waals surface area contributed by atoms with E-state index in [1.807, 2.05) is 4.90 Å². The lowest BCUT2D eigenvalue weighted by Crippen LogP contribution is -2.45. The average Bonchev–Trinajstić information content (AvgIpc) is 3.24. The van der Waals surface area contributed by atoms with Gasteiger partial charge in [-0.3, -0.25) is 9.59 Å². The Morgan fingerprint density at radius 2 is 1.53 bits per heavy atom. The highest BCUT2D eigenvalue weighted by Gasteiger charge is 2.42. The van der Waals surface area contributed by atoms with Crippen molar-refractivity contribution in [1.82, 2.24) is 9.80 Å². The standard InChI is InChI=1S/C28H35N3O2S/c1-19(2)24-7-5-6-20(3)25(24)29-27(34)31-17-14-28(18-31)12-15-30(16-13-28)26(33)23-10-8-22(9-11-23)21(4)32/h5-11,19H,12-18H2,1-4H3,(H,29,34). The van der Waals surface area contributed by atoms with Gasteiger partial charge in [0.25, 0.3) is 5.91 Å². The van der Waals surface area contributed by atoms with Crippen LogP contribution in [-0.2, 0) is 0 Å². The molecule has 2 aromatic rings. The van der Waals surface area contributed by atoms with Crippen molar-refractivity contribution >= 4 is 34.7 Å². The van der Waals surface area contributed by atoms with Gasteiger partial charge in [-0.15, -0.1) is 0 Å². The highest BCUT2D eigenvalue weighted by Crippen LogP contribution is 2.41. The molecule has 180 valence electrons. The zero-order chi connectivity index (χ0) is 24.5. The average molecular weight is 478 g/mol. The maximum atomic E-state index is 13.0. The Kier molecular flexibility index (Phi) is 7.08. The quantitative estimate of drug-likeness (QED) is 0.456. The molecule has 2 fully saturated rings. The number of rotatable bonds is 4. The number of carbonyl (C=O) groups excluding carboxylic acids is 2. The Labute approximate surface area is 208 Å². The van der Waals surface area contributed by atoms with Gasteiger partial charge in [0.1, 0.15) is 0 Å². The normalized spacial score (nSPS) is 17.3. The fourth-order valence-electron chi connectivity index (χ4n) is 5.26. The van der Waals surface area contributed by atoms with Gasteiger partial charge in [0.15, 0.2) is 10.9 Å². The molecule has 0 aromatic heterocycles. The Balaban J connectivity index is 1.35. The van der Waals surface area contributed by atoms with E-state index >= 15 is 0 Å². The molecule has 5 nitrogen and oxygen atoms in total. The second-order valence-electron chi connectivity index (χ2n) is 10.2. The minimum Gasteiger partial charge on any atom is -0.348 e. The van der Waals surface area contributed by atoms with Crippen LogP contribution < -0.4 is 5.32 Å². The largest absolute Gasteiger partial charge is 0.348 e. The van der Waals surface area contributed by atoms with E-state index in [9.17, 15) is 9.59 Å². The summed E-state index contributed by atoms with van der Waals surface area (Å²) in [6.07, 6.45) is 3.09. The minimum atomic E-state index is 0.0139. The van der Waals surface area contributed by atoms with E-state index in [2.05, 4.69) is 49.2 Å². The van der Waals surface area contributed by atoms with Crippen LogP contribution in [0, 0.1) is 12.3 Å². The first-order valence-electron chi connectivity index (χ1n) is 12.2. The maximum Gasteiger partial charge on any atom is 0.253 e. The minimum absolute atomic E-state index is 0.0139. The molecule has 0 radical (unpaired) electrons. The lowest BCUT2D eigenvalue weighted by molar-refractivity contribution is 0.0598. The molecule has 2 aliphatic rings. The maximum absolute atomic E-state index is 13.0. The smallest absolute Gasteiger partial charge is 0.253 e. The lowest BCUT2D eigenvalue weighted by Gasteiger charge is -2.39. The van der Waals surface area contributed by atoms with Crippen molar-refractivity contribution in [3.63, 3.8) is 0 Å². The summed E-state index contributed by atoms with van der Waals surface area (Å²) in [6, 6.07) is 13.4. The molecule has 2 aromatic carbocycles. The van der Waals surface area contributed by atoms with E-state index in [0.717, 1.165) is 56.2 Å². The van der Waals surface area contributed by atoms with Crippen LogP contribution >= 0.6 is 12.2 Å². The number of anilines is 1. The molecule has 2 heterocycles. The molecule has 4 rings (SSSR count). The summed E-state index contributed by atoms with van der Waals surface area (Å²) in [6.45, 7) is 11.5. The number of benzene rings is 2. The molecule has 2 saturated heterocycles. The number of piperidine rings is 1.